The predicted molar refractivity (Wildman–Crippen MR) is 55.4 cm³/mol. The predicted octanol–water partition coefficient (Wildman–Crippen LogP) is -0.380. The number of rotatable bonds is 3. The van der Waals surface area contributed by atoms with Crippen LogP contribution in [0.1, 0.15) is 17.3 Å². The lowest BCUT2D eigenvalue weighted by Crippen LogP contribution is -2.27. The molecule has 1 aromatic rings. The molecule has 0 aliphatic heterocycles. The quantitative estimate of drug-likeness (QED) is 0.551. The number of nitrogens with zero attached hydrogens (tertiary/aromatic N) is 2. The lowest BCUT2D eigenvalue weighted by molar-refractivity contribution is -0.152. The van der Waals surface area contributed by atoms with Crippen LogP contribution in [0.3, 0.4) is 0 Å². The van der Waals surface area contributed by atoms with Crippen LogP contribution >= 0.6 is 0 Å². The highest BCUT2D eigenvalue weighted by atomic mass is 16.5. The van der Waals surface area contributed by atoms with Crippen molar-refractivity contribution in [3.8, 4) is 0 Å². The summed E-state index contributed by atoms with van der Waals surface area (Å²) in [6.07, 6.45) is 1.07. The molecule has 1 heterocycles. The van der Waals surface area contributed by atoms with E-state index in [1.165, 1.54) is 7.05 Å². The first-order chi connectivity index (χ1) is 7.97. The first-order valence-electron chi connectivity index (χ1n) is 4.70. The number of ether oxygens (including phenoxy) is 1. The van der Waals surface area contributed by atoms with E-state index in [1.54, 1.807) is 6.92 Å². The molecule has 1 amide bonds. The Labute approximate surface area is 96.2 Å². The van der Waals surface area contributed by atoms with Gasteiger partial charge in [-0.1, -0.05) is 0 Å². The second-order valence-electron chi connectivity index (χ2n) is 3.01. The number of amides is 1. The molecule has 1 rings (SSSR count). The van der Waals surface area contributed by atoms with Gasteiger partial charge in [0.15, 0.2) is 0 Å². The molecule has 92 valence electrons. The minimum Gasteiger partial charge on any atom is -0.477 e. The van der Waals surface area contributed by atoms with Crippen LogP contribution in [0.25, 0.3) is 0 Å². The van der Waals surface area contributed by atoms with E-state index in [-0.39, 0.29) is 18.0 Å². The zero-order valence-electron chi connectivity index (χ0n) is 9.26. The van der Waals surface area contributed by atoms with Gasteiger partial charge in [-0.3, -0.25) is 9.48 Å². The zero-order valence-corrected chi connectivity index (χ0v) is 9.26. The highest BCUT2D eigenvalue weighted by Gasteiger charge is 2.21. The van der Waals surface area contributed by atoms with Crippen LogP contribution in [0.15, 0.2) is 6.20 Å². The number of carbonyl (C=O) groups excluding carboxylic acids is 2. The highest BCUT2D eigenvalue weighted by Crippen LogP contribution is 2.13. The monoisotopic (exact) mass is 241 g/mol. The molecule has 0 radical (unpaired) electrons. The second kappa shape index (κ2) is 5.10. The van der Waals surface area contributed by atoms with Crippen LogP contribution in [0.2, 0.25) is 0 Å². The Hall–Kier alpha value is -2.38. The normalized spacial score (nSPS) is 9.76. The average Bonchev–Trinajstić information content (AvgIpc) is 2.61. The van der Waals surface area contributed by atoms with Gasteiger partial charge in [0, 0.05) is 7.05 Å². The van der Waals surface area contributed by atoms with E-state index in [2.05, 4.69) is 15.2 Å². The van der Waals surface area contributed by atoms with Crippen LogP contribution in [0.4, 0.5) is 5.82 Å². The number of carbonyl (C=O) groups is 3. The van der Waals surface area contributed by atoms with Crippen molar-refractivity contribution in [1.82, 2.24) is 9.78 Å². The minimum absolute atomic E-state index is 0.0590. The fourth-order valence-corrected chi connectivity index (χ4v) is 1.10. The summed E-state index contributed by atoms with van der Waals surface area (Å²) in [7, 11) is 1.44. The van der Waals surface area contributed by atoms with Gasteiger partial charge >= 0.3 is 17.8 Å². The molecule has 0 saturated carbocycles. The van der Waals surface area contributed by atoms with Crippen LogP contribution in [0.5, 0.6) is 0 Å². The maximum Gasteiger partial charge on any atom is 0.397 e. The fraction of sp³-hybridized carbons (Fsp3) is 0.333. The molecule has 1 aromatic heterocycles. The van der Waals surface area contributed by atoms with Crippen molar-refractivity contribution in [2.45, 2.75) is 6.92 Å². The lowest BCUT2D eigenvalue weighted by Gasteiger charge is -2.05. The standard InChI is InChI=1S/C9H11N3O5/c1-3-17-9(16)7(13)11-6-5(8(14)15)4-10-12(6)2/h4H,3H2,1-2H3,(H,11,13)(H,14,15). The third-order valence-electron chi connectivity index (χ3n) is 1.86. The maximum absolute atomic E-state index is 11.3. The number of aromatic nitrogens is 2. The van der Waals surface area contributed by atoms with E-state index in [9.17, 15) is 14.4 Å². The Morgan fingerprint density at radius 1 is 1.53 bits per heavy atom. The maximum atomic E-state index is 11.3. The number of nitrogens with one attached hydrogen (secondary N) is 1. The first kappa shape index (κ1) is 12.7. The molecule has 0 spiro atoms. The van der Waals surface area contributed by atoms with Crippen LogP contribution in [-0.4, -0.2) is 39.3 Å². The topological polar surface area (TPSA) is 111 Å². The number of aromatic carboxylic acids is 1. The largest absolute Gasteiger partial charge is 0.477 e. The van der Waals surface area contributed by atoms with Gasteiger partial charge in [-0.15, -0.1) is 0 Å². The highest BCUT2D eigenvalue weighted by molar-refractivity contribution is 6.37. The van der Waals surface area contributed by atoms with Crippen LogP contribution in [0, 0.1) is 0 Å². The van der Waals surface area contributed by atoms with Gasteiger partial charge in [0.1, 0.15) is 11.4 Å². The number of carboxylic acids is 1. The van der Waals surface area contributed by atoms with Crippen molar-refractivity contribution in [2.75, 3.05) is 11.9 Å². The molecule has 0 aromatic carbocycles. The van der Waals surface area contributed by atoms with Gasteiger partial charge in [0.2, 0.25) is 0 Å². The van der Waals surface area contributed by atoms with Gasteiger partial charge in [-0.25, -0.2) is 9.59 Å². The Kier molecular flexibility index (Phi) is 3.81. The van der Waals surface area contributed by atoms with Crippen molar-refractivity contribution in [1.29, 1.82) is 0 Å². The lowest BCUT2D eigenvalue weighted by atomic mass is 10.3. The number of hydrogen-bond acceptors (Lipinski definition) is 5. The van der Waals surface area contributed by atoms with E-state index in [1.807, 2.05) is 0 Å². The summed E-state index contributed by atoms with van der Waals surface area (Å²) in [5.74, 6) is -3.45. The van der Waals surface area contributed by atoms with Gasteiger partial charge in [0.05, 0.1) is 12.8 Å². The smallest absolute Gasteiger partial charge is 0.397 e. The van der Waals surface area contributed by atoms with E-state index in [4.69, 9.17) is 5.11 Å². The van der Waals surface area contributed by atoms with Gasteiger partial charge < -0.3 is 15.2 Å². The molecule has 0 fully saturated rings. The molecule has 8 nitrogen and oxygen atoms in total. The molecular weight excluding hydrogens is 230 g/mol. The van der Waals surface area contributed by atoms with Crippen molar-refractivity contribution >= 4 is 23.7 Å². The molecule has 0 unspecified atom stereocenters. The third-order valence-corrected chi connectivity index (χ3v) is 1.86. The van der Waals surface area contributed by atoms with E-state index >= 15 is 0 Å². The zero-order chi connectivity index (χ0) is 13.0. The number of hydrogen-bond donors (Lipinski definition) is 2. The number of esters is 1. The Bertz CT molecular complexity index is 465. The average molecular weight is 241 g/mol. The summed E-state index contributed by atoms with van der Waals surface area (Å²) in [5.41, 5.74) is -0.204. The molecule has 0 bridgehead atoms. The first-order valence-corrected chi connectivity index (χ1v) is 4.70. The summed E-state index contributed by atoms with van der Waals surface area (Å²) < 4.78 is 5.60. The fourth-order valence-electron chi connectivity index (χ4n) is 1.10. The van der Waals surface area contributed by atoms with E-state index in [0.717, 1.165) is 10.9 Å². The number of aryl methyl sites for hydroxylation is 1. The Balaban J connectivity index is 2.88. The second-order valence-corrected chi connectivity index (χ2v) is 3.01. The molecule has 8 heteroatoms. The summed E-state index contributed by atoms with van der Waals surface area (Å²) in [4.78, 5) is 33.1. The molecule has 0 aliphatic rings. The van der Waals surface area contributed by atoms with Crippen LogP contribution in [-0.2, 0) is 21.4 Å². The Morgan fingerprint density at radius 2 is 2.18 bits per heavy atom. The molecule has 0 atom stereocenters. The molecular formula is C9H11N3O5. The third kappa shape index (κ3) is 2.80. The summed E-state index contributed by atoms with van der Waals surface area (Å²) in [6.45, 7) is 1.61. The van der Waals surface area contributed by atoms with Gasteiger partial charge in [0.25, 0.3) is 0 Å². The summed E-state index contributed by atoms with van der Waals surface area (Å²) in [6, 6.07) is 0. The van der Waals surface area contributed by atoms with E-state index < -0.39 is 17.8 Å². The molecule has 0 saturated heterocycles. The SMILES string of the molecule is CCOC(=O)C(=O)Nc1c(C(=O)O)cnn1C. The molecule has 17 heavy (non-hydrogen) atoms. The van der Waals surface area contributed by atoms with Crippen LogP contribution < -0.4 is 5.32 Å². The van der Waals surface area contributed by atoms with Crippen molar-refractivity contribution in [3.05, 3.63) is 11.8 Å². The Morgan fingerprint density at radius 3 is 2.71 bits per heavy atom. The molecule has 0 aliphatic carbocycles. The number of anilines is 1. The summed E-state index contributed by atoms with van der Waals surface area (Å²) >= 11 is 0. The van der Waals surface area contributed by atoms with Gasteiger partial charge in [-0.05, 0) is 6.92 Å². The number of carboxylic acid groups (broad SMARTS) is 1. The summed E-state index contributed by atoms with van der Waals surface area (Å²) in [5, 5.41) is 14.6. The van der Waals surface area contributed by atoms with Gasteiger partial charge in [-0.2, -0.15) is 5.10 Å². The van der Waals surface area contributed by atoms with Crippen molar-refractivity contribution in [3.63, 3.8) is 0 Å². The van der Waals surface area contributed by atoms with Crippen molar-refractivity contribution < 1.29 is 24.2 Å². The molecule has 2 N–H and O–H groups in total. The van der Waals surface area contributed by atoms with E-state index in [0.29, 0.717) is 0 Å². The van der Waals surface area contributed by atoms with Crippen molar-refractivity contribution in [2.24, 2.45) is 7.05 Å². The minimum atomic E-state index is -1.25.